The van der Waals surface area contributed by atoms with Gasteiger partial charge in [0.1, 0.15) is 11.6 Å². The predicted octanol–water partition coefficient (Wildman–Crippen LogP) is 4.91. The summed E-state index contributed by atoms with van der Waals surface area (Å²) in [5.41, 5.74) is 2.34. The van der Waals surface area contributed by atoms with Crippen LogP contribution in [-0.4, -0.2) is 17.5 Å². The van der Waals surface area contributed by atoms with E-state index >= 15 is 0 Å². The standard InChI is InChI=1S/C19H17FN2O2S/c1-3-24-17-7-5-4-6-14(17)16-11-25-19(21-16)22-18(23)13-9-8-12(2)15(20)10-13/h4-11H,3H2,1-2H3,(H,21,22,23). The number of carbonyl (C=O) groups excluding carboxylic acids is 1. The highest BCUT2D eigenvalue weighted by atomic mass is 32.1. The van der Waals surface area contributed by atoms with Gasteiger partial charge in [-0.2, -0.15) is 0 Å². The SMILES string of the molecule is CCOc1ccccc1-c1csc(NC(=O)c2ccc(C)c(F)c2)n1. The minimum atomic E-state index is -0.405. The lowest BCUT2D eigenvalue weighted by molar-refractivity contribution is 0.102. The number of aryl methyl sites for hydroxylation is 1. The van der Waals surface area contributed by atoms with E-state index in [2.05, 4.69) is 10.3 Å². The first-order chi connectivity index (χ1) is 12.1. The number of hydrogen-bond acceptors (Lipinski definition) is 4. The van der Waals surface area contributed by atoms with Crippen molar-refractivity contribution in [2.75, 3.05) is 11.9 Å². The van der Waals surface area contributed by atoms with Gasteiger partial charge in [0.25, 0.3) is 5.91 Å². The van der Waals surface area contributed by atoms with Crippen molar-refractivity contribution >= 4 is 22.4 Å². The third-order valence-electron chi connectivity index (χ3n) is 3.62. The van der Waals surface area contributed by atoms with Crippen LogP contribution < -0.4 is 10.1 Å². The molecule has 3 aromatic rings. The lowest BCUT2D eigenvalue weighted by Gasteiger charge is -2.07. The largest absolute Gasteiger partial charge is 0.493 e. The molecule has 0 saturated heterocycles. The quantitative estimate of drug-likeness (QED) is 0.707. The van der Waals surface area contributed by atoms with Gasteiger partial charge in [0, 0.05) is 16.5 Å². The number of benzene rings is 2. The van der Waals surface area contributed by atoms with Crippen molar-refractivity contribution in [1.29, 1.82) is 0 Å². The van der Waals surface area contributed by atoms with Crippen LogP contribution in [0.1, 0.15) is 22.8 Å². The first-order valence-electron chi connectivity index (χ1n) is 7.83. The second-order valence-corrected chi connectivity index (χ2v) is 6.24. The molecule has 0 aliphatic carbocycles. The van der Waals surface area contributed by atoms with E-state index in [1.165, 1.54) is 17.4 Å². The van der Waals surface area contributed by atoms with E-state index in [0.29, 0.717) is 17.3 Å². The lowest BCUT2D eigenvalue weighted by Crippen LogP contribution is -2.12. The molecule has 0 atom stereocenters. The Kier molecular flexibility index (Phi) is 5.09. The molecule has 6 heteroatoms. The first kappa shape index (κ1) is 17.1. The zero-order chi connectivity index (χ0) is 17.8. The number of aromatic nitrogens is 1. The summed E-state index contributed by atoms with van der Waals surface area (Å²) in [6.07, 6.45) is 0. The van der Waals surface area contributed by atoms with Crippen LogP contribution in [0.5, 0.6) is 5.75 Å². The van der Waals surface area contributed by atoms with Crippen LogP contribution in [0.25, 0.3) is 11.3 Å². The summed E-state index contributed by atoms with van der Waals surface area (Å²) in [6.45, 7) is 4.13. The van der Waals surface area contributed by atoms with Gasteiger partial charge in [0.2, 0.25) is 0 Å². The van der Waals surface area contributed by atoms with Crippen LogP contribution in [0.4, 0.5) is 9.52 Å². The van der Waals surface area contributed by atoms with E-state index < -0.39 is 11.7 Å². The number of halogens is 1. The van der Waals surface area contributed by atoms with Crippen LogP contribution in [0, 0.1) is 12.7 Å². The van der Waals surface area contributed by atoms with Gasteiger partial charge in [-0.25, -0.2) is 9.37 Å². The van der Waals surface area contributed by atoms with E-state index in [1.807, 2.05) is 36.6 Å². The van der Waals surface area contributed by atoms with Crippen LogP contribution >= 0.6 is 11.3 Å². The Bertz CT molecular complexity index is 908. The summed E-state index contributed by atoms with van der Waals surface area (Å²) in [4.78, 5) is 16.7. The number of thiazole rings is 1. The van der Waals surface area contributed by atoms with E-state index in [1.54, 1.807) is 19.1 Å². The topological polar surface area (TPSA) is 51.2 Å². The van der Waals surface area contributed by atoms with Gasteiger partial charge in [-0.1, -0.05) is 18.2 Å². The van der Waals surface area contributed by atoms with Gasteiger partial charge in [0.15, 0.2) is 5.13 Å². The Morgan fingerprint density at radius 2 is 2.08 bits per heavy atom. The van der Waals surface area contributed by atoms with Crippen molar-refractivity contribution in [3.8, 4) is 17.0 Å². The molecule has 0 bridgehead atoms. The first-order valence-corrected chi connectivity index (χ1v) is 8.71. The van der Waals surface area contributed by atoms with Crippen molar-refractivity contribution in [2.24, 2.45) is 0 Å². The monoisotopic (exact) mass is 356 g/mol. The number of ether oxygens (including phenoxy) is 1. The number of nitrogens with zero attached hydrogens (tertiary/aromatic N) is 1. The van der Waals surface area contributed by atoms with Gasteiger partial charge in [0.05, 0.1) is 12.3 Å². The van der Waals surface area contributed by atoms with Crippen molar-refractivity contribution in [2.45, 2.75) is 13.8 Å². The van der Waals surface area contributed by atoms with Gasteiger partial charge in [-0.05, 0) is 43.7 Å². The van der Waals surface area contributed by atoms with Crippen LogP contribution in [0.3, 0.4) is 0 Å². The van der Waals surface area contributed by atoms with Crippen molar-refractivity contribution in [1.82, 2.24) is 4.98 Å². The lowest BCUT2D eigenvalue weighted by atomic mass is 10.1. The summed E-state index contributed by atoms with van der Waals surface area (Å²) in [7, 11) is 0. The molecular formula is C19H17FN2O2S. The predicted molar refractivity (Wildman–Crippen MR) is 97.8 cm³/mol. The maximum atomic E-state index is 13.6. The molecule has 1 N–H and O–H groups in total. The van der Waals surface area contributed by atoms with E-state index in [-0.39, 0.29) is 5.56 Å². The zero-order valence-electron chi connectivity index (χ0n) is 13.9. The molecule has 1 amide bonds. The van der Waals surface area contributed by atoms with Gasteiger partial charge < -0.3 is 4.74 Å². The number of hydrogen-bond donors (Lipinski definition) is 1. The Hall–Kier alpha value is -2.73. The van der Waals surface area contributed by atoms with Crippen molar-refractivity contribution in [3.63, 3.8) is 0 Å². The molecule has 0 radical (unpaired) electrons. The maximum absolute atomic E-state index is 13.6. The fourth-order valence-electron chi connectivity index (χ4n) is 2.32. The molecule has 25 heavy (non-hydrogen) atoms. The summed E-state index contributed by atoms with van der Waals surface area (Å²) in [6, 6.07) is 12.0. The minimum Gasteiger partial charge on any atom is -0.493 e. The molecule has 2 aromatic carbocycles. The average Bonchev–Trinajstić information content (AvgIpc) is 3.06. The third kappa shape index (κ3) is 3.85. The van der Waals surface area contributed by atoms with Crippen molar-refractivity contribution < 1.29 is 13.9 Å². The second-order valence-electron chi connectivity index (χ2n) is 5.39. The smallest absolute Gasteiger partial charge is 0.257 e. The Morgan fingerprint density at radius 3 is 2.84 bits per heavy atom. The van der Waals surface area contributed by atoms with Crippen LogP contribution in [-0.2, 0) is 0 Å². The Labute approximate surface area is 149 Å². The highest BCUT2D eigenvalue weighted by Gasteiger charge is 2.13. The Balaban J connectivity index is 1.80. The minimum absolute atomic E-state index is 0.259. The van der Waals surface area contributed by atoms with E-state index in [0.717, 1.165) is 17.0 Å². The highest BCUT2D eigenvalue weighted by molar-refractivity contribution is 7.14. The van der Waals surface area contributed by atoms with Gasteiger partial charge in [-0.15, -0.1) is 11.3 Å². The number of para-hydroxylation sites is 1. The molecular weight excluding hydrogens is 339 g/mol. The molecule has 128 valence electrons. The number of carbonyl (C=O) groups is 1. The molecule has 1 heterocycles. The molecule has 0 saturated carbocycles. The molecule has 0 unspecified atom stereocenters. The number of nitrogens with one attached hydrogen (secondary N) is 1. The molecule has 1 aromatic heterocycles. The normalized spacial score (nSPS) is 10.5. The average molecular weight is 356 g/mol. The molecule has 0 aliphatic heterocycles. The van der Waals surface area contributed by atoms with Crippen LogP contribution in [0.2, 0.25) is 0 Å². The van der Waals surface area contributed by atoms with E-state index in [9.17, 15) is 9.18 Å². The highest BCUT2D eigenvalue weighted by Crippen LogP contribution is 2.32. The van der Waals surface area contributed by atoms with Crippen LogP contribution in [0.15, 0.2) is 47.8 Å². The van der Waals surface area contributed by atoms with E-state index in [4.69, 9.17) is 4.74 Å². The van der Waals surface area contributed by atoms with Gasteiger partial charge in [-0.3, -0.25) is 10.1 Å². The van der Waals surface area contributed by atoms with Crippen molar-refractivity contribution in [3.05, 3.63) is 64.8 Å². The fourth-order valence-corrected chi connectivity index (χ4v) is 3.02. The summed E-state index contributed by atoms with van der Waals surface area (Å²) < 4.78 is 19.2. The molecule has 0 spiro atoms. The molecule has 3 rings (SSSR count). The number of rotatable bonds is 5. The maximum Gasteiger partial charge on any atom is 0.257 e. The fraction of sp³-hybridized carbons (Fsp3) is 0.158. The number of amides is 1. The summed E-state index contributed by atoms with van der Waals surface area (Å²) >= 11 is 1.31. The Morgan fingerprint density at radius 1 is 1.28 bits per heavy atom. The van der Waals surface area contributed by atoms with Gasteiger partial charge >= 0.3 is 0 Å². The molecule has 0 aliphatic rings. The zero-order valence-corrected chi connectivity index (χ0v) is 14.7. The third-order valence-corrected chi connectivity index (χ3v) is 4.38. The summed E-state index contributed by atoms with van der Waals surface area (Å²) in [5, 5.41) is 5.01. The number of anilines is 1. The molecule has 4 nitrogen and oxygen atoms in total. The summed E-state index contributed by atoms with van der Waals surface area (Å²) in [5.74, 6) is -0.0511. The molecule has 0 fully saturated rings. The second kappa shape index (κ2) is 7.44.